The molecule has 1 aromatic heterocycles. The predicted octanol–water partition coefficient (Wildman–Crippen LogP) is 2.41. The summed E-state index contributed by atoms with van der Waals surface area (Å²) in [5, 5.41) is 10.1. The van der Waals surface area contributed by atoms with Crippen LogP contribution >= 0.6 is 15.9 Å². The van der Waals surface area contributed by atoms with Gasteiger partial charge in [-0.25, -0.2) is 4.98 Å². The molecule has 9 heteroatoms. The average Bonchev–Trinajstić information content (AvgIpc) is 2.43. The number of aliphatic hydroxyl groups is 1. The molecule has 0 saturated heterocycles. The lowest BCUT2D eigenvalue weighted by Crippen LogP contribution is -2.18. The van der Waals surface area contributed by atoms with Crippen molar-refractivity contribution in [2.75, 3.05) is 5.73 Å². The SMILES string of the molecule is Nc1nc(CC(O)c2ccccc2C(F)(F)F)c(Br)c(=O)[nH]1. The molecule has 5 nitrogen and oxygen atoms in total. The zero-order valence-corrected chi connectivity index (χ0v) is 12.6. The van der Waals surface area contributed by atoms with E-state index in [1.807, 2.05) is 0 Å². The molecule has 1 aromatic carbocycles. The van der Waals surface area contributed by atoms with Crippen molar-refractivity contribution in [3.63, 3.8) is 0 Å². The fraction of sp³-hybridized carbons (Fsp3) is 0.231. The number of anilines is 1. The molecule has 0 spiro atoms. The van der Waals surface area contributed by atoms with E-state index in [0.717, 1.165) is 6.07 Å². The first-order chi connectivity index (χ1) is 10.2. The van der Waals surface area contributed by atoms with Gasteiger partial charge in [-0.1, -0.05) is 18.2 Å². The molecule has 118 valence electrons. The summed E-state index contributed by atoms with van der Waals surface area (Å²) >= 11 is 2.98. The van der Waals surface area contributed by atoms with Gasteiger partial charge in [-0.3, -0.25) is 9.78 Å². The highest BCUT2D eigenvalue weighted by Gasteiger charge is 2.34. The zero-order chi connectivity index (χ0) is 16.5. The molecule has 2 rings (SSSR count). The Morgan fingerprint density at radius 1 is 1.36 bits per heavy atom. The summed E-state index contributed by atoms with van der Waals surface area (Å²) in [6.45, 7) is 0. The molecule has 2 aromatic rings. The van der Waals surface area contributed by atoms with Gasteiger partial charge >= 0.3 is 6.18 Å². The van der Waals surface area contributed by atoms with E-state index in [1.54, 1.807) is 0 Å². The summed E-state index contributed by atoms with van der Waals surface area (Å²) < 4.78 is 38.9. The van der Waals surface area contributed by atoms with Gasteiger partial charge in [0.25, 0.3) is 5.56 Å². The lowest BCUT2D eigenvalue weighted by molar-refractivity contribution is -0.139. The van der Waals surface area contributed by atoms with Crippen LogP contribution in [0, 0.1) is 0 Å². The highest BCUT2D eigenvalue weighted by molar-refractivity contribution is 9.10. The number of hydrogen-bond acceptors (Lipinski definition) is 4. The van der Waals surface area contributed by atoms with E-state index in [4.69, 9.17) is 5.73 Å². The van der Waals surface area contributed by atoms with Crippen LogP contribution in [0.15, 0.2) is 33.5 Å². The van der Waals surface area contributed by atoms with E-state index >= 15 is 0 Å². The first kappa shape index (κ1) is 16.5. The normalized spacial score (nSPS) is 13.1. The van der Waals surface area contributed by atoms with Gasteiger partial charge < -0.3 is 10.8 Å². The maximum Gasteiger partial charge on any atom is 0.416 e. The molecule has 0 aliphatic rings. The van der Waals surface area contributed by atoms with Gasteiger partial charge in [0.05, 0.1) is 17.4 Å². The van der Waals surface area contributed by atoms with Crippen LogP contribution in [0.2, 0.25) is 0 Å². The summed E-state index contributed by atoms with van der Waals surface area (Å²) in [6.07, 6.45) is -6.36. The quantitative estimate of drug-likeness (QED) is 0.765. The maximum absolute atomic E-state index is 12.9. The highest BCUT2D eigenvalue weighted by Crippen LogP contribution is 2.35. The maximum atomic E-state index is 12.9. The Balaban J connectivity index is 2.39. The summed E-state index contributed by atoms with van der Waals surface area (Å²) in [6, 6.07) is 4.69. The third-order valence-electron chi connectivity index (χ3n) is 2.96. The first-order valence-electron chi connectivity index (χ1n) is 6.08. The molecule has 1 unspecified atom stereocenters. The smallest absolute Gasteiger partial charge is 0.388 e. The van der Waals surface area contributed by atoms with Gasteiger partial charge in [0, 0.05) is 6.42 Å². The molecule has 0 aliphatic carbocycles. The molecule has 0 aliphatic heterocycles. The number of aromatic nitrogens is 2. The minimum Gasteiger partial charge on any atom is -0.388 e. The molecule has 0 saturated carbocycles. The first-order valence-corrected chi connectivity index (χ1v) is 6.87. The summed E-state index contributed by atoms with van der Waals surface area (Å²) in [5.74, 6) is -0.181. The van der Waals surface area contributed by atoms with Crippen LogP contribution in [0.25, 0.3) is 0 Å². The number of aliphatic hydroxyl groups excluding tert-OH is 1. The topological polar surface area (TPSA) is 92.0 Å². The van der Waals surface area contributed by atoms with Crippen LogP contribution in [-0.2, 0) is 12.6 Å². The number of nitrogens with zero attached hydrogens (tertiary/aromatic N) is 1. The van der Waals surface area contributed by atoms with E-state index in [9.17, 15) is 23.1 Å². The third-order valence-corrected chi connectivity index (χ3v) is 3.78. The van der Waals surface area contributed by atoms with Crippen LogP contribution in [0.1, 0.15) is 22.9 Å². The second-order valence-corrected chi connectivity index (χ2v) is 5.31. The molecule has 0 bridgehead atoms. The number of benzene rings is 1. The number of halogens is 4. The van der Waals surface area contributed by atoms with Gasteiger partial charge in [-0.05, 0) is 27.6 Å². The van der Waals surface area contributed by atoms with Crippen LogP contribution in [0.5, 0.6) is 0 Å². The molecular formula is C13H11BrF3N3O2. The van der Waals surface area contributed by atoms with Gasteiger partial charge in [0.1, 0.15) is 4.47 Å². The van der Waals surface area contributed by atoms with Crippen LogP contribution in [0.4, 0.5) is 19.1 Å². The molecule has 0 radical (unpaired) electrons. The number of aromatic amines is 1. The van der Waals surface area contributed by atoms with Crippen LogP contribution in [0.3, 0.4) is 0 Å². The van der Waals surface area contributed by atoms with E-state index in [2.05, 4.69) is 25.9 Å². The molecule has 0 amide bonds. The summed E-state index contributed by atoms with van der Waals surface area (Å²) in [5.41, 5.74) is 3.67. The van der Waals surface area contributed by atoms with Crippen molar-refractivity contribution in [1.29, 1.82) is 0 Å². The number of rotatable bonds is 3. The van der Waals surface area contributed by atoms with Gasteiger partial charge in [-0.2, -0.15) is 13.2 Å². The van der Waals surface area contributed by atoms with Crippen molar-refractivity contribution >= 4 is 21.9 Å². The van der Waals surface area contributed by atoms with Crippen molar-refractivity contribution in [2.24, 2.45) is 0 Å². The molecule has 4 N–H and O–H groups in total. The minimum absolute atomic E-state index is 0.0187. The number of nitrogen functional groups attached to an aromatic ring is 1. The van der Waals surface area contributed by atoms with Gasteiger partial charge in [0.15, 0.2) is 0 Å². The Morgan fingerprint density at radius 2 is 2.00 bits per heavy atom. The molecule has 0 fully saturated rings. The molecule has 1 heterocycles. The van der Waals surface area contributed by atoms with Gasteiger partial charge in [0.2, 0.25) is 5.95 Å². The second-order valence-electron chi connectivity index (χ2n) is 4.52. The number of nitrogens with one attached hydrogen (secondary N) is 1. The standard InChI is InChI=1S/C13H11BrF3N3O2/c14-10-8(19-12(18)20-11(10)22)5-9(21)6-3-1-2-4-7(6)13(15,16)17/h1-4,9,21H,5H2,(H3,18,19,20,22). The fourth-order valence-electron chi connectivity index (χ4n) is 2.00. The van der Waals surface area contributed by atoms with Crippen LogP contribution < -0.4 is 11.3 Å². The number of hydrogen-bond donors (Lipinski definition) is 3. The number of nitrogens with two attached hydrogens (primary N) is 1. The van der Waals surface area contributed by atoms with Crippen molar-refractivity contribution in [3.05, 3.63) is 55.9 Å². The Labute approximate surface area is 131 Å². The summed E-state index contributed by atoms with van der Waals surface area (Å²) in [7, 11) is 0. The van der Waals surface area contributed by atoms with E-state index in [1.165, 1.54) is 18.2 Å². The lowest BCUT2D eigenvalue weighted by atomic mass is 9.98. The predicted molar refractivity (Wildman–Crippen MR) is 77.1 cm³/mol. The van der Waals surface area contributed by atoms with Crippen molar-refractivity contribution in [2.45, 2.75) is 18.7 Å². The van der Waals surface area contributed by atoms with E-state index < -0.39 is 23.4 Å². The molecular weight excluding hydrogens is 367 g/mol. The minimum atomic E-state index is -4.59. The lowest BCUT2D eigenvalue weighted by Gasteiger charge is -2.17. The van der Waals surface area contributed by atoms with Crippen molar-refractivity contribution < 1.29 is 18.3 Å². The second kappa shape index (κ2) is 6.09. The van der Waals surface area contributed by atoms with Gasteiger partial charge in [-0.15, -0.1) is 0 Å². The average molecular weight is 378 g/mol. The fourth-order valence-corrected chi connectivity index (χ4v) is 2.35. The number of alkyl halides is 3. The van der Waals surface area contributed by atoms with Crippen molar-refractivity contribution in [3.8, 4) is 0 Å². The largest absolute Gasteiger partial charge is 0.416 e. The number of H-pyrrole nitrogens is 1. The van der Waals surface area contributed by atoms with Crippen molar-refractivity contribution in [1.82, 2.24) is 9.97 Å². The molecule has 22 heavy (non-hydrogen) atoms. The van der Waals surface area contributed by atoms with E-state index in [-0.39, 0.29) is 28.1 Å². The highest BCUT2D eigenvalue weighted by atomic mass is 79.9. The monoisotopic (exact) mass is 377 g/mol. The van der Waals surface area contributed by atoms with Crippen LogP contribution in [-0.4, -0.2) is 15.1 Å². The Kier molecular flexibility index (Phi) is 4.57. The third kappa shape index (κ3) is 3.47. The Bertz CT molecular complexity index is 746. The Hall–Kier alpha value is -1.87. The Morgan fingerprint density at radius 3 is 2.64 bits per heavy atom. The zero-order valence-electron chi connectivity index (χ0n) is 11.0. The van der Waals surface area contributed by atoms with E-state index in [0.29, 0.717) is 0 Å². The molecule has 1 atom stereocenters. The summed E-state index contributed by atoms with van der Waals surface area (Å²) in [4.78, 5) is 17.6.